The van der Waals surface area contributed by atoms with Gasteiger partial charge in [-0.2, -0.15) is 5.10 Å². The van der Waals surface area contributed by atoms with Crippen LogP contribution in [0.15, 0.2) is 36.8 Å². The highest BCUT2D eigenvalue weighted by atomic mass is 16.3. The zero-order chi connectivity index (χ0) is 24.0. The molecule has 34 heavy (non-hydrogen) atoms. The molecule has 0 saturated heterocycles. The first kappa shape index (κ1) is 23.1. The zero-order valence-electron chi connectivity index (χ0n) is 21.0. The van der Waals surface area contributed by atoms with Gasteiger partial charge < -0.3 is 15.4 Å². The van der Waals surface area contributed by atoms with Crippen LogP contribution in [-0.2, 0) is 0 Å². The van der Waals surface area contributed by atoms with Crippen molar-refractivity contribution in [2.24, 2.45) is 0 Å². The Bertz CT molecular complexity index is 1300. The van der Waals surface area contributed by atoms with Crippen molar-refractivity contribution in [3.05, 3.63) is 53.5 Å². The first-order valence-electron chi connectivity index (χ1n) is 12.6. The van der Waals surface area contributed by atoms with Crippen LogP contribution in [0.1, 0.15) is 81.9 Å². The van der Waals surface area contributed by atoms with Crippen molar-refractivity contribution in [1.29, 1.82) is 0 Å². The molecule has 0 amide bonds. The summed E-state index contributed by atoms with van der Waals surface area (Å²) < 4.78 is 1.87. The van der Waals surface area contributed by atoms with Crippen molar-refractivity contribution in [1.82, 2.24) is 24.9 Å². The van der Waals surface area contributed by atoms with E-state index in [1.165, 1.54) is 40.6 Å². The monoisotopic (exact) mass is 459 g/mol. The van der Waals surface area contributed by atoms with Gasteiger partial charge in [-0.1, -0.05) is 19.9 Å². The Morgan fingerprint density at radius 1 is 1.18 bits per heavy atom. The molecule has 3 heterocycles. The van der Waals surface area contributed by atoms with Crippen LogP contribution < -0.4 is 5.32 Å². The highest BCUT2D eigenvalue weighted by molar-refractivity contribution is 5.92. The van der Waals surface area contributed by atoms with Crippen LogP contribution in [0.5, 0.6) is 0 Å². The summed E-state index contributed by atoms with van der Waals surface area (Å²) in [5.74, 6) is 0.990. The number of nitrogens with zero attached hydrogens (tertiary/aromatic N) is 3. The molecule has 5 rings (SSSR count). The van der Waals surface area contributed by atoms with Crippen LogP contribution in [0, 0.1) is 6.92 Å². The molecule has 4 aromatic rings. The lowest BCUT2D eigenvalue weighted by molar-refractivity contribution is 0.0742. The summed E-state index contributed by atoms with van der Waals surface area (Å²) in [6, 6.07) is 9.73. The Labute approximate surface area is 201 Å². The van der Waals surface area contributed by atoms with Crippen molar-refractivity contribution in [2.45, 2.75) is 83.8 Å². The zero-order valence-corrected chi connectivity index (χ0v) is 21.0. The first-order valence-corrected chi connectivity index (χ1v) is 12.6. The Kier molecular flexibility index (Phi) is 5.98. The van der Waals surface area contributed by atoms with E-state index in [4.69, 9.17) is 0 Å². The number of rotatable bonds is 6. The molecular formula is C28H37N5O. The SMILES string of the molecule is Cc1cc(-c2[nH]c3ccc(C4CCC(NCC(C)(C)O)CC4)cc3c2C(C)C)cn2ncnc12. The molecule has 0 atom stereocenters. The van der Waals surface area contributed by atoms with Gasteiger partial charge in [0.1, 0.15) is 6.33 Å². The van der Waals surface area contributed by atoms with Gasteiger partial charge in [0.25, 0.3) is 0 Å². The lowest BCUT2D eigenvalue weighted by Gasteiger charge is -2.31. The summed E-state index contributed by atoms with van der Waals surface area (Å²) in [6.07, 6.45) is 8.38. The first-order chi connectivity index (χ1) is 16.2. The van der Waals surface area contributed by atoms with E-state index in [-0.39, 0.29) is 0 Å². The Hall–Kier alpha value is -2.70. The van der Waals surface area contributed by atoms with Crippen LogP contribution in [0.3, 0.4) is 0 Å². The summed E-state index contributed by atoms with van der Waals surface area (Å²) in [5, 5.41) is 19.3. The van der Waals surface area contributed by atoms with Crippen LogP contribution in [0.4, 0.5) is 0 Å². The van der Waals surface area contributed by atoms with E-state index in [1.807, 2.05) is 18.4 Å². The van der Waals surface area contributed by atoms with Crippen molar-refractivity contribution in [3.63, 3.8) is 0 Å². The molecule has 0 bridgehead atoms. The van der Waals surface area contributed by atoms with Crippen molar-refractivity contribution < 1.29 is 5.11 Å². The van der Waals surface area contributed by atoms with Crippen molar-refractivity contribution in [2.75, 3.05) is 6.54 Å². The van der Waals surface area contributed by atoms with Gasteiger partial charge in [0.05, 0.1) is 11.3 Å². The predicted molar refractivity (Wildman–Crippen MR) is 138 cm³/mol. The summed E-state index contributed by atoms with van der Waals surface area (Å²) in [4.78, 5) is 8.09. The minimum atomic E-state index is -0.655. The average molecular weight is 460 g/mol. The normalized spacial score (nSPS) is 19.5. The molecule has 1 aromatic carbocycles. The topological polar surface area (TPSA) is 78.2 Å². The average Bonchev–Trinajstić information content (AvgIpc) is 3.42. The third-order valence-corrected chi connectivity index (χ3v) is 7.31. The summed E-state index contributed by atoms with van der Waals surface area (Å²) in [5.41, 5.74) is 7.72. The number of aliphatic hydroxyl groups is 1. The van der Waals surface area contributed by atoms with Crippen LogP contribution in [0.25, 0.3) is 27.8 Å². The third kappa shape index (κ3) is 4.49. The number of aromatic amines is 1. The van der Waals surface area contributed by atoms with Gasteiger partial charge in [0, 0.05) is 35.2 Å². The maximum absolute atomic E-state index is 10.0. The van der Waals surface area contributed by atoms with Gasteiger partial charge >= 0.3 is 0 Å². The molecule has 6 nitrogen and oxygen atoms in total. The number of hydrogen-bond donors (Lipinski definition) is 3. The molecule has 0 spiro atoms. The van der Waals surface area contributed by atoms with E-state index in [1.54, 1.807) is 6.33 Å². The lowest BCUT2D eigenvalue weighted by Crippen LogP contribution is -2.42. The van der Waals surface area contributed by atoms with Gasteiger partial charge in [-0.05, 0) is 93.2 Å². The number of fused-ring (bicyclic) bond motifs is 2. The quantitative estimate of drug-likeness (QED) is 0.346. The van der Waals surface area contributed by atoms with Crippen LogP contribution in [-0.4, -0.2) is 42.9 Å². The van der Waals surface area contributed by atoms with Crippen LogP contribution in [0.2, 0.25) is 0 Å². The molecule has 0 aliphatic heterocycles. The molecular weight excluding hydrogens is 422 g/mol. The predicted octanol–water partition coefficient (Wildman–Crippen LogP) is 5.70. The largest absolute Gasteiger partial charge is 0.389 e. The Balaban J connectivity index is 1.44. The van der Waals surface area contributed by atoms with Gasteiger partial charge in [-0.3, -0.25) is 0 Å². The summed E-state index contributed by atoms with van der Waals surface area (Å²) in [6.45, 7) is 11.0. The van der Waals surface area contributed by atoms with Gasteiger partial charge in [-0.25, -0.2) is 9.50 Å². The Morgan fingerprint density at radius 2 is 1.94 bits per heavy atom. The van der Waals surface area contributed by atoms with Gasteiger partial charge in [0.15, 0.2) is 5.65 Å². The van der Waals surface area contributed by atoms with E-state index in [0.29, 0.717) is 24.4 Å². The number of nitrogens with one attached hydrogen (secondary N) is 2. The fraction of sp³-hybridized carbons (Fsp3) is 0.500. The fourth-order valence-electron chi connectivity index (χ4n) is 5.57. The number of aryl methyl sites for hydroxylation is 1. The summed E-state index contributed by atoms with van der Waals surface area (Å²) >= 11 is 0. The van der Waals surface area contributed by atoms with Crippen molar-refractivity contribution in [3.8, 4) is 11.3 Å². The second-order valence-corrected chi connectivity index (χ2v) is 11.1. The van der Waals surface area contributed by atoms with E-state index in [0.717, 1.165) is 29.6 Å². The van der Waals surface area contributed by atoms with E-state index in [9.17, 15) is 5.11 Å². The molecule has 1 aliphatic rings. The molecule has 1 aliphatic carbocycles. The number of H-pyrrole nitrogens is 1. The Morgan fingerprint density at radius 3 is 2.65 bits per heavy atom. The third-order valence-electron chi connectivity index (χ3n) is 7.31. The summed E-state index contributed by atoms with van der Waals surface area (Å²) in [7, 11) is 0. The minimum absolute atomic E-state index is 0.396. The number of aromatic nitrogens is 4. The molecule has 0 radical (unpaired) electrons. The maximum atomic E-state index is 10.0. The van der Waals surface area contributed by atoms with E-state index >= 15 is 0 Å². The molecule has 6 heteroatoms. The molecule has 3 aromatic heterocycles. The standard InChI is InChI=1S/C28H37N5O/c1-17(2)25-23-13-20(19-6-9-22(10-7-19)29-15-28(4,5)34)8-11-24(23)32-26(25)21-12-18(3)27-30-16-31-33(27)14-21/h8,11-14,16-17,19,22,29,32,34H,6-7,9-10,15H2,1-5H3. The molecule has 3 N–H and O–H groups in total. The smallest absolute Gasteiger partial charge is 0.158 e. The highest BCUT2D eigenvalue weighted by Crippen LogP contribution is 2.39. The minimum Gasteiger partial charge on any atom is -0.389 e. The number of pyridine rings is 1. The van der Waals surface area contributed by atoms with E-state index in [2.05, 4.69) is 71.6 Å². The molecule has 1 saturated carbocycles. The highest BCUT2D eigenvalue weighted by Gasteiger charge is 2.25. The van der Waals surface area contributed by atoms with Gasteiger partial charge in [-0.15, -0.1) is 0 Å². The molecule has 1 fully saturated rings. The van der Waals surface area contributed by atoms with E-state index < -0.39 is 5.60 Å². The maximum Gasteiger partial charge on any atom is 0.158 e. The molecule has 0 unspecified atom stereocenters. The van der Waals surface area contributed by atoms with Gasteiger partial charge in [0.2, 0.25) is 0 Å². The second kappa shape index (κ2) is 8.82. The fourth-order valence-corrected chi connectivity index (χ4v) is 5.57. The van der Waals surface area contributed by atoms with Crippen molar-refractivity contribution >= 4 is 16.6 Å². The number of hydrogen-bond acceptors (Lipinski definition) is 4. The number of benzene rings is 1. The molecule has 180 valence electrons. The van der Waals surface area contributed by atoms with Crippen LogP contribution >= 0.6 is 0 Å². The second-order valence-electron chi connectivity index (χ2n) is 11.1. The lowest BCUT2D eigenvalue weighted by atomic mass is 9.81.